The monoisotopic (exact) mass is 187 g/mol. The van der Waals surface area contributed by atoms with Crippen molar-refractivity contribution in [2.45, 2.75) is 31.7 Å². The molecule has 1 nitrogen and oxygen atoms in total. The lowest BCUT2D eigenvalue weighted by Gasteiger charge is -2.42. The van der Waals surface area contributed by atoms with Gasteiger partial charge in [-0.1, -0.05) is 0 Å². The van der Waals surface area contributed by atoms with E-state index in [1.54, 1.807) is 35.9 Å². The highest BCUT2D eigenvalue weighted by Gasteiger charge is 2.32. The van der Waals surface area contributed by atoms with Crippen LogP contribution in [0.1, 0.15) is 25.7 Å². The number of hydrogen-bond donors (Lipinski definition) is 1. The Kier molecular flexibility index (Phi) is 2.66. The first-order valence-electron chi connectivity index (χ1n) is 5.26. The number of nitrogens with one attached hydrogen (secondary N) is 1. The van der Waals surface area contributed by atoms with Crippen molar-refractivity contribution in [1.29, 1.82) is 0 Å². The Morgan fingerprint density at radius 1 is 1.00 bits per heavy atom. The first kappa shape index (κ1) is 8.89. The first-order chi connectivity index (χ1) is 5.85. The molecule has 0 aromatic heterocycles. The Hall–Kier alpha value is 0.310. The van der Waals surface area contributed by atoms with Crippen molar-refractivity contribution in [3.05, 3.63) is 0 Å². The third-order valence-corrected chi connectivity index (χ3v) is 8.12. The first-order valence-corrected chi connectivity index (χ1v) is 7.57. The summed E-state index contributed by atoms with van der Waals surface area (Å²) in [5, 5.41) is 3.42. The van der Waals surface area contributed by atoms with E-state index in [2.05, 4.69) is 12.4 Å². The molecule has 0 aromatic rings. The van der Waals surface area contributed by atoms with E-state index < -0.39 is 0 Å². The Labute approximate surface area is 77.6 Å². The van der Waals surface area contributed by atoms with Crippen molar-refractivity contribution in [2.24, 2.45) is 0 Å². The zero-order chi connectivity index (χ0) is 8.44. The van der Waals surface area contributed by atoms with Gasteiger partial charge in [-0.2, -0.15) is 0 Å². The topological polar surface area (TPSA) is 12.0 Å². The maximum Gasteiger partial charge on any atom is 0.00786 e. The van der Waals surface area contributed by atoms with Crippen LogP contribution in [0.3, 0.4) is 0 Å². The molecule has 0 bridgehead atoms. The number of rotatable bonds is 1. The summed E-state index contributed by atoms with van der Waals surface area (Å²) in [6, 6.07) is 0.851. The molecule has 72 valence electrons. The molecule has 12 heavy (non-hydrogen) atoms. The van der Waals surface area contributed by atoms with Gasteiger partial charge >= 0.3 is 0 Å². The molecule has 0 atom stereocenters. The summed E-state index contributed by atoms with van der Waals surface area (Å²) in [6.07, 6.45) is 6.01. The highest BCUT2D eigenvalue weighted by Crippen LogP contribution is 2.56. The van der Waals surface area contributed by atoms with Crippen LogP contribution in [0.4, 0.5) is 0 Å². The van der Waals surface area contributed by atoms with Crippen molar-refractivity contribution in [1.82, 2.24) is 5.32 Å². The molecule has 0 amide bonds. The minimum absolute atomic E-state index is 0.0454. The van der Waals surface area contributed by atoms with Gasteiger partial charge in [-0.05, 0) is 55.7 Å². The predicted octanol–water partition coefficient (Wildman–Crippen LogP) is 1.97. The van der Waals surface area contributed by atoms with Gasteiger partial charge in [-0.25, -0.2) is 10.0 Å². The highest BCUT2D eigenvalue weighted by molar-refractivity contribution is 8.33. The molecule has 2 aliphatic heterocycles. The average Bonchev–Trinajstić information content (AvgIpc) is 2.55. The van der Waals surface area contributed by atoms with E-state index in [1.165, 1.54) is 12.8 Å². The van der Waals surface area contributed by atoms with E-state index >= 15 is 0 Å². The van der Waals surface area contributed by atoms with E-state index in [9.17, 15) is 0 Å². The summed E-state index contributed by atoms with van der Waals surface area (Å²) in [4.78, 5) is 0. The third-order valence-electron chi connectivity index (χ3n) is 3.61. The van der Waals surface area contributed by atoms with Crippen molar-refractivity contribution >= 4 is 10.0 Å². The normalized spacial score (nSPS) is 32.4. The van der Waals surface area contributed by atoms with Crippen LogP contribution < -0.4 is 5.32 Å². The van der Waals surface area contributed by atoms with Crippen LogP contribution in [0.15, 0.2) is 0 Å². The summed E-state index contributed by atoms with van der Waals surface area (Å²) >= 11 is 0. The van der Waals surface area contributed by atoms with E-state index in [0.717, 1.165) is 6.04 Å². The van der Waals surface area contributed by atoms with Gasteiger partial charge in [0.2, 0.25) is 0 Å². The van der Waals surface area contributed by atoms with E-state index in [-0.39, 0.29) is 10.0 Å². The second-order valence-electron chi connectivity index (χ2n) is 4.31. The second-order valence-corrected chi connectivity index (χ2v) is 8.39. The lowest BCUT2D eigenvalue weighted by atomic mass is 10.2. The summed E-state index contributed by atoms with van der Waals surface area (Å²) in [5.74, 6) is 6.39. The fourth-order valence-electron chi connectivity index (χ4n) is 2.65. The molecule has 0 saturated carbocycles. The molecule has 2 heteroatoms. The van der Waals surface area contributed by atoms with Gasteiger partial charge < -0.3 is 5.32 Å². The van der Waals surface area contributed by atoms with Crippen molar-refractivity contribution in [3.8, 4) is 0 Å². The minimum atomic E-state index is -0.0454. The predicted molar refractivity (Wildman–Crippen MR) is 58.4 cm³/mol. The molecule has 2 fully saturated rings. The largest absolute Gasteiger partial charge is 0.317 e. The molecule has 0 radical (unpaired) electrons. The summed E-state index contributed by atoms with van der Waals surface area (Å²) < 4.78 is 0. The summed E-state index contributed by atoms with van der Waals surface area (Å²) in [7, 11) is 2.07. The molecule has 0 aliphatic carbocycles. The molecule has 2 rings (SSSR count). The van der Waals surface area contributed by atoms with E-state index in [4.69, 9.17) is 0 Å². The minimum Gasteiger partial charge on any atom is -0.317 e. The molecule has 1 N–H and O–H groups in total. The quantitative estimate of drug-likeness (QED) is 0.662. The molecule has 0 unspecified atom stereocenters. The van der Waals surface area contributed by atoms with Crippen LogP contribution in [0.25, 0.3) is 0 Å². The highest BCUT2D eigenvalue weighted by atomic mass is 32.3. The van der Waals surface area contributed by atoms with Gasteiger partial charge in [-0.15, -0.1) is 0 Å². The average molecular weight is 187 g/mol. The van der Waals surface area contributed by atoms with Gasteiger partial charge in [-0.3, -0.25) is 0 Å². The van der Waals surface area contributed by atoms with Crippen LogP contribution in [-0.4, -0.2) is 36.1 Å². The SMILES string of the molecule is CNC1CCS2(CCCC2)CC1. The fraction of sp³-hybridized carbons (Fsp3) is 1.00. The molecule has 2 saturated heterocycles. The lowest BCUT2D eigenvalue weighted by molar-refractivity contribution is 0.524. The van der Waals surface area contributed by atoms with Crippen LogP contribution in [0.2, 0.25) is 0 Å². The maximum absolute atomic E-state index is 3.42. The summed E-state index contributed by atoms with van der Waals surface area (Å²) in [5.41, 5.74) is 0. The molecule has 0 aromatic carbocycles. The third kappa shape index (κ3) is 1.64. The zero-order valence-corrected chi connectivity index (χ0v) is 8.96. The fourth-order valence-corrected chi connectivity index (χ4v) is 7.07. The molecule has 2 aliphatic rings. The standard InChI is InChI=1S/C10H21NS/c1-11-10-4-8-12(9-5-10)6-2-3-7-12/h10-11H,2-9H2,1H3. The van der Waals surface area contributed by atoms with Crippen LogP contribution >= 0.6 is 10.0 Å². The van der Waals surface area contributed by atoms with Crippen LogP contribution in [-0.2, 0) is 0 Å². The number of hydrogen-bond acceptors (Lipinski definition) is 1. The smallest absolute Gasteiger partial charge is 0.00786 e. The van der Waals surface area contributed by atoms with E-state index in [1.807, 2.05) is 0 Å². The molecule has 1 spiro atoms. The molecular weight excluding hydrogens is 166 g/mol. The molecule has 2 heterocycles. The van der Waals surface area contributed by atoms with Gasteiger partial charge in [0, 0.05) is 6.04 Å². The van der Waals surface area contributed by atoms with Gasteiger partial charge in [0.15, 0.2) is 0 Å². The van der Waals surface area contributed by atoms with Gasteiger partial charge in [0.25, 0.3) is 0 Å². The Bertz CT molecular complexity index is 142. The van der Waals surface area contributed by atoms with Gasteiger partial charge in [0.05, 0.1) is 0 Å². The summed E-state index contributed by atoms with van der Waals surface area (Å²) in [6.45, 7) is 0. The van der Waals surface area contributed by atoms with E-state index in [0.29, 0.717) is 0 Å². The Morgan fingerprint density at radius 3 is 2.08 bits per heavy atom. The van der Waals surface area contributed by atoms with Crippen molar-refractivity contribution in [3.63, 3.8) is 0 Å². The second kappa shape index (κ2) is 3.59. The van der Waals surface area contributed by atoms with Gasteiger partial charge in [0.1, 0.15) is 0 Å². The van der Waals surface area contributed by atoms with Crippen molar-refractivity contribution < 1.29 is 0 Å². The van der Waals surface area contributed by atoms with Crippen LogP contribution in [0, 0.1) is 0 Å². The lowest BCUT2D eigenvalue weighted by Crippen LogP contribution is -2.34. The van der Waals surface area contributed by atoms with Crippen LogP contribution in [0.5, 0.6) is 0 Å². The Balaban J connectivity index is 1.88. The Morgan fingerprint density at radius 2 is 1.58 bits per heavy atom. The maximum atomic E-state index is 3.42. The zero-order valence-electron chi connectivity index (χ0n) is 8.14. The molecular formula is C10H21NS. The van der Waals surface area contributed by atoms with Crippen molar-refractivity contribution in [2.75, 3.05) is 30.1 Å².